The molecule has 1 aliphatic heterocycles. The maximum atomic E-state index is 12.3. The molecule has 0 aromatic heterocycles. The molecule has 1 aromatic carbocycles. The van der Waals surface area contributed by atoms with Crippen molar-refractivity contribution in [1.29, 1.82) is 0 Å². The Morgan fingerprint density at radius 1 is 1.09 bits per heavy atom. The molecule has 1 aromatic rings. The van der Waals surface area contributed by atoms with Crippen LogP contribution in [-0.2, 0) is 14.2 Å². The first-order valence-corrected chi connectivity index (χ1v) is 7.01. The first-order valence-electron chi connectivity index (χ1n) is 7.01. The smallest absolute Gasteiger partial charge is 0.339 e. The summed E-state index contributed by atoms with van der Waals surface area (Å²) in [6.07, 6.45) is 0. The second-order valence-corrected chi connectivity index (χ2v) is 4.77. The van der Waals surface area contributed by atoms with Crippen molar-refractivity contribution in [3.8, 4) is 0 Å². The quantitative estimate of drug-likeness (QED) is 0.838. The monoisotopic (exact) mass is 322 g/mol. The van der Waals surface area contributed by atoms with Crippen LogP contribution in [-0.4, -0.2) is 63.4 Å². The van der Waals surface area contributed by atoms with Crippen LogP contribution in [0.5, 0.6) is 0 Å². The van der Waals surface area contributed by atoms with Gasteiger partial charge in [0.25, 0.3) is 0 Å². The fourth-order valence-corrected chi connectivity index (χ4v) is 2.14. The average molecular weight is 322 g/mol. The molecule has 0 spiro atoms. The SMILES string of the molecule is COC(=O)c1ccc(C(=O)OC)c(NC(=O)N2CCOCC2)c1. The maximum Gasteiger partial charge on any atom is 0.339 e. The van der Waals surface area contributed by atoms with Gasteiger partial charge in [-0.15, -0.1) is 0 Å². The summed E-state index contributed by atoms with van der Waals surface area (Å²) in [5.41, 5.74) is 0.565. The summed E-state index contributed by atoms with van der Waals surface area (Å²) in [4.78, 5) is 37.3. The molecule has 0 atom stereocenters. The fraction of sp³-hybridized carbons (Fsp3) is 0.400. The van der Waals surface area contributed by atoms with Gasteiger partial charge < -0.3 is 24.4 Å². The normalized spacial score (nSPS) is 14.1. The van der Waals surface area contributed by atoms with Crippen LogP contribution in [0.3, 0.4) is 0 Å². The zero-order chi connectivity index (χ0) is 16.8. The number of ether oxygens (including phenoxy) is 3. The summed E-state index contributed by atoms with van der Waals surface area (Å²) in [6.45, 7) is 1.82. The topological polar surface area (TPSA) is 94.2 Å². The Hall–Kier alpha value is -2.61. The molecule has 2 amide bonds. The molecule has 1 heterocycles. The van der Waals surface area contributed by atoms with Gasteiger partial charge in [-0.1, -0.05) is 0 Å². The van der Waals surface area contributed by atoms with E-state index in [9.17, 15) is 14.4 Å². The average Bonchev–Trinajstić information content (AvgIpc) is 2.61. The predicted molar refractivity (Wildman–Crippen MR) is 80.5 cm³/mol. The van der Waals surface area contributed by atoms with Gasteiger partial charge in [-0.2, -0.15) is 0 Å². The van der Waals surface area contributed by atoms with Gasteiger partial charge in [0.2, 0.25) is 0 Å². The van der Waals surface area contributed by atoms with E-state index in [4.69, 9.17) is 9.47 Å². The predicted octanol–water partition coefficient (Wildman–Crippen LogP) is 1.12. The zero-order valence-electron chi connectivity index (χ0n) is 13.0. The van der Waals surface area contributed by atoms with Crippen LogP contribution in [0.15, 0.2) is 18.2 Å². The van der Waals surface area contributed by atoms with E-state index in [0.29, 0.717) is 26.3 Å². The number of morpholine rings is 1. The highest BCUT2D eigenvalue weighted by Gasteiger charge is 2.21. The fourth-order valence-electron chi connectivity index (χ4n) is 2.14. The second-order valence-electron chi connectivity index (χ2n) is 4.77. The first-order chi connectivity index (χ1) is 11.1. The summed E-state index contributed by atoms with van der Waals surface area (Å²) in [6, 6.07) is 3.85. The number of esters is 2. The van der Waals surface area contributed by atoms with Crippen LogP contribution < -0.4 is 5.32 Å². The molecule has 1 aliphatic rings. The van der Waals surface area contributed by atoms with Crippen molar-refractivity contribution in [3.63, 3.8) is 0 Å². The maximum absolute atomic E-state index is 12.3. The van der Waals surface area contributed by atoms with Crippen LogP contribution in [0.4, 0.5) is 10.5 Å². The summed E-state index contributed by atoms with van der Waals surface area (Å²) in [5.74, 6) is -1.18. The van der Waals surface area contributed by atoms with E-state index in [-0.39, 0.29) is 22.8 Å². The number of nitrogens with one attached hydrogen (secondary N) is 1. The van der Waals surface area contributed by atoms with E-state index in [1.165, 1.54) is 32.4 Å². The number of anilines is 1. The molecule has 23 heavy (non-hydrogen) atoms. The molecule has 8 nitrogen and oxygen atoms in total. The van der Waals surface area contributed by atoms with Gasteiger partial charge in [0.15, 0.2) is 0 Å². The lowest BCUT2D eigenvalue weighted by molar-refractivity contribution is 0.0563. The third-order valence-corrected chi connectivity index (χ3v) is 3.39. The van der Waals surface area contributed by atoms with E-state index in [0.717, 1.165) is 0 Å². The second kappa shape index (κ2) is 7.59. The van der Waals surface area contributed by atoms with Crippen molar-refractivity contribution in [1.82, 2.24) is 4.90 Å². The molecule has 2 rings (SSSR count). The minimum Gasteiger partial charge on any atom is -0.465 e. The lowest BCUT2D eigenvalue weighted by Crippen LogP contribution is -2.43. The largest absolute Gasteiger partial charge is 0.465 e. The van der Waals surface area contributed by atoms with Crippen LogP contribution in [0.2, 0.25) is 0 Å². The molecule has 1 fully saturated rings. The number of carbonyl (C=O) groups is 3. The lowest BCUT2D eigenvalue weighted by atomic mass is 10.1. The van der Waals surface area contributed by atoms with Gasteiger partial charge in [0, 0.05) is 13.1 Å². The number of urea groups is 1. The Labute approximate surface area is 133 Å². The number of rotatable bonds is 3. The van der Waals surface area contributed by atoms with Gasteiger partial charge in [-0.3, -0.25) is 0 Å². The third kappa shape index (κ3) is 3.98. The number of benzene rings is 1. The van der Waals surface area contributed by atoms with Gasteiger partial charge in [0.1, 0.15) is 0 Å². The van der Waals surface area contributed by atoms with E-state index >= 15 is 0 Å². The van der Waals surface area contributed by atoms with Crippen molar-refractivity contribution < 1.29 is 28.6 Å². The number of hydrogen-bond acceptors (Lipinski definition) is 6. The minimum atomic E-state index is -0.612. The van der Waals surface area contributed by atoms with Crippen LogP contribution >= 0.6 is 0 Å². The van der Waals surface area contributed by atoms with Crippen LogP contribution in [0.1, 0.15) is 20.7 Å². The van der Waals surface area contributed by atoms with Crippen molar-refractivity contribution in [2.75, 3.05) is 45.8 Å². The highest BCUT2D eigenvalue weighted by Crippen LogP contribution is 2.20. The number of hydrogen-bond donors (Lipinski definition) is 1. The number of amides is 2. The van der Waals surface area contributed by atoms with Crippen molar-refractivity contribution in [2.24, 2.45) is 0 Å². The summed E-state index contributed by atoms with van der Waals surface area (Å²) >= 11 is 0. The van der Waals surface area contributed by atoms with Crippen molar-refractivity contribution in [3.05, 3.63) is 29.3 Å². The third-order valence-electron chi connectivity index (χ3n) is 3.39. The molecule has 124 valence electrons. The van der Waals surface area contributed by atoms with Gasteiger partial charge in [-0.25, -0.2) is 14.4 Å². The summed E-state index contributed by atoms with van der Waals surface area (Å²) in [5, 5.41) is 2.64. The highest BCUT2D eigenvalue weighted by molar-refractivity contribution is 6.03. The standard InChI is InChI=1S/C15H18N2O6/c1-21-13(18)10-3-4-11(14(19)22-2)12(9-10)16-15(20)17-5-7-23-8-6-17/h3-4,9H,5-8H2,1-2H3,(H,16,20). The van der Waals surface area contributed by atoms with Crippen LogP contribution in [0.25, 0.3) is 0 Å². The number of methoxy groups -OCH3 is 2. The molecule has 1 saturated heterocycles. The lowest BCUT2D eigenvalue weighted by Gasteiger charge is -2.27. The highest BCUT2D eigenvalue weighted by atomic mass is 16.5. The zero-order valence-corrected chi connectivity index (χ0v) is 13.0. The van der Waals surface area contributed by atoms with E-state index in [1.807, 2.05) is 0 Å². The van der Waals surface area contributed by atoms with Crippen molar-refractivity contribution in [2.45, 2.75) is 0 Å². The Kier molecular flexibility index (Phi) is 5.53. The van der Waals surface area contributed by atoms with E-state index in [2.05, 4.69) is 10.1 Å². The Morgan fingerprint density at radius 2 is 1.74 bits per heavy atom. The van der Waals surface area contributed by atoms with Crippen molar-refractivity contribution >= 4 is 23.7 Å². The molecular formula is C15H18N2O6. The molecule has 1 N–H and O–H groups in total. The van der Waals surface area contributed by atoms with Gasteiger partial charge in [-0.05, 0) is 18.2 Å². The Bertz CT molecular complexity index is 610. The molecular weight excluding hydrogens is 304 g/mol. The molecule has 8 heteroatoms. The number of carbonyl (C=O) groups excluding carboxylic acids is 3. The first kappa shape index (κ1) is 16.8. The number of nitrogens with zero attached hydrogens (tertiary/aromatic N) is 1. The van der Waals surface area contributed by atoms with Crippen LogP contribution in [0, 0.1) is 0 Å². The minimum absolute atomic E-state index is 0.154. The molecule has 0 saturated carbocycles. The van der Waals surface area contributed by atoms with E-state index < -0.39 is 11.9 Å². The Morgan fingerprint density at radius 3 is 2.35 bits per heavy atom. The molecule has 0 bridgehead atoms. The Balaban J connectivity index is 2.27. The molecule has 0 unspecified atom stereocenters. The molecule has 0 aliphatic carbocycles. The molecule has 0 radical (unpaired) electrons. The van der Waals surface area contributed by atoms with Gasteiger partial charge >= 0.3 is 18.0 Å². The van der Waals surface area contributed by atoms with E-state index in [1.54, 1.807) is 4.90 Å². The summed E-state index contributed by atoms with van der Waals surface area (Å²) < 4.78 is 14.5. The summed E-state index contributed by atoms with van der Waals surface area (Å²) in [7, 11) is 2.49. The van der Waals surface area contributed by atoms with Gasteiger partial charge in [0.05, 0.1) is 44.2 Å².